The van der Waals surface area contributed by atoms with Gasteiger partial charge in [0, 0.05) is 23.6 Å². The maximum absolute atomic E-state index is 14.5. The largest absolute Gasteiger partial charge is 0.324 e. The van der Waals surface area contributed by atoms with E-state index in [2.05, 4.69) is 10.6 Å². The predicted molar refractivity (Wildman–Crippen MR) is 99.5 cm³/mol. The van der Waals surface area contributed by atoms with Gasteiger partial charge in [-0.1, -0.05) is 24.3 Å². The Morgan fingerprint density at radius 3 is 2.79 bits per heavy atom. The topological polar surface area (TPSA) is 41.1 Å². The Labute approximate surface area is 151 Å². The molecule has 1 aliphatic heterocycles. The van der Waals surface area contributed by atoms with E-state index < -0.39 is 0 Å². The van der Waals surface area contributed by atoms with Gasteiger partial charge in [0.05, 0.1) is 5.69 Å². The number of fused-ring (bicyclic) bond motifs is 1. The first-order chi connectivity index (χ1) is 11.2. The molecule has 1 amide bonds. The number of anilines is 1. The first kappa shape index (κ1) is 18.8. The number of amides is 1. The molecule has 0 aromatic heterocycles. The van der Waals surface area contributed by atoms with Crippen molar-refractivity contribution in [3.05, 3.63) is 59.4 Å². The summed E-state index contributed by atoms with van der Waals surface area (Å²) in [5.74, 6) is 0.237. The van der Waals surface area contributed by atoms with E-state index in [9.17, 15) is 9.18 Å². The molecule has 0 saturated carbocycles. The molecular formula is C18H20ClFN2OS. The van der Waals surface area contributed by atoms with Gasteiger partial charge in [-0.25, -0.2) is 4.39 Å². The molecule has 0 radical (unpaired) electrons. The first-order valence-electron chi connectivity index (χ1n) is 7.73. The van der Waals surface area contributed by atoms with E-state index in [4.69, 9.17) is 0 Å². The predicted octanol–water partition coefficient (Wildman–Crippen LogP) is 4.01. The molecule has 6 heteroatoms. The van der Waals surface area contributed by atoms with Crippen molar-refractivity contribution < 1.29 is 9.18 Å². The third-order valence-electron chi connectivity index (χ3n) is 3.82. The molecule has 3 rings (SSSR count). The molecule has 0 bridgehead atoms. The van der Waals surface area contributed by atoms with E-state index in [0.717, 1.165) is 22.6 Å². The van der Waals surface area contributed by atoms with Crippen molar-refractivity contribution in [3.63, 3.8) is 0 Å². The van der Waals surface area contributed by atoms with Gasteiger partial charge < -0.3 is 10.6 Å². The Balaban J connectivity index is 0.00000208. The molecule has 2 aromatic carbocycles. The molecule has 0 saturated heterocycles. The van der Waals surface area contributed by atoms with Gasteiger partial charge in [-0.15, -0.1) is 24.2 Å². The molecule has 128 valence electrons. The third-order valence-corrected chi connectivity index (χ3v) is 4.84. The van der Waals surface area contributed by atoms with Gasteiger partial charge in [-0.3, -0.25) is 4.79 Å². The zero-order valence-electron chi connectivity index (χ0n) is 13.2. The highest BCUT2D eigenvalue weighted by Gasteiger charge is 2.17. The number of carbonyl (C=O) groups excluding carboxylic acids is 1. The van der Waals surface area contributed by atoms with Crippen molar-refractivity contribution in [2.45, 2.75) is 24.3 Å². The van der Waals surface area contributed by atoms with Gasteiger partial charge in [0.2, 0.25) is 5.91 Å². The van der Waals surface area contributed by atoms with Crippen molar-refractivity contribution in [1.29, 1.82) is 0 Å². The van der Waals surface area contributed by atoms with Crippen LogP contribution in [0.3, 0.4) is 0 Å². The van der Waals surface area contributed by atoms with Crippen LogP contribution in [-0.4, -0.2) is 18.2 Å². The highest BCUT2D eigenvalue weighted by molar-refractivity contribution is 7.99. The maximum Gasteiger partial charge on any atom is 0.225 e. The molecular weight excluding hydrogens is 347 g/mol. The van der Waals surface area contributed by atoms with Crippen LogP contribution in [0.4, 0.5) is 10.1 Å². The van der Waals surface area contributed by atoms with Crippen LogP contribution in [-0.2, 0) is 17.8 Å². The van der Waals surface area contributed by atoms with Crippen molar-refractivity contribution in [1.82, 2.24) is 5.32 Å². The van der Waals surface area contributed by atoms with Crippen LogP contribution in [0.25, 0.3) is 0 Å². The minimum atomic E-state index is -0.284. The highest BCUT2D eigenvalue weighted by atomic mass is 35.5. The van der Waals surface area contributed by atoms with E-state index in [1.807, 2.05) is 36.4 Å². The molecule has 0 aliphatic carbocycles. The normalized spacial score (nSPS) is 12.9. The quantitative estimate of drug-likeness (QED) is 0.785. The van der Waals surface area contributed by atoms with Crippen LogP contribution < -0.4 is 10.6 Å². The number of carbonyl (C=O) groups is 1. The zero-order chi connectivity index (χ0) is 16.1. The number of halogens is 2. The molecule has 0 unspecified atom stereocenters. The van der Waals surface area contributed by atoms with Gasteiger partial charge in [-0.2, -0.15) is 0 Å². The van der Waals surface area contributed by atoms with E-state index >= 15 is 0 Å². The van der Waals surface area contributed by atoms with E-state index in [-0.39, 0.29) is 24.1 Å². The van der Waals surface area contributed by atoms with Crippen LogP contribution in [0.15, 0.2) is 47.4 Å². The summed E-state index contributed by atoms with van der Waals surface area (Å²) >= 11 is 1.62. The number of benzene rings is 2. The van der Waals surface area contributed by atoms with Crippen LogP contribution >= 0.6 is 24.2 Å². The monoisotopic (exact) mass is 366 g/mol. The van der Waals surface area contributed by atoms with E-state index in [1.54, 1.807) is 17.8 Å². The maximum atomic E-state index is 14.5. The number of rotatable bonds is 5. The van der Waals surface area contributed by atoms with Gasteiger partial charge >= 0.3 is 0 Å². The minimum Gasteiger partial charge on any atom is -0.324 e. The fourth-order valence-corrected chi connectivity index (χ4v) is 3.49. The molecule has 24 heavy (non-hydrogen) atoms. The fraction of sp³-hybridized carbons (Fsp3) is 0.278. The second kappa shape index (κ2) is 9.06. The molecule has 1 heterocycles. The second-order valence-corrected chi connectivity index (χ2v) is 6.62. The smallest absolute Gasteiger partial charge is 0.225 e. The SMILES string of the molecule is Cl.O=C(CCSc1ccccc1)Nc1ccc2c(c1F)CCNC2. The summed E-state index contributed by atoms with van der Waals surface area (Å²) in [5, 5.41) is 5.91. The molecule has 0 spiro atoms. The molecule has 3 nitrogen and oxygen atoms in total. The lowest BCUT2D eigenvalue weighted by Crippen LogP contribution is -2.25. The van der Waals surface area contributed by atoms with Crippen LogP contribution in [0.1, 0.15) is 17.5 Å². The molecule has 0 fully saturated rings. The van der Waals surface area contributed by atoms with E-state index in [0.29, 0.717) is 30.8 Å². The average Bonchev–Trinajstić information content (AvgIpc) is 2.59. The summed E-state index contributed by atoms with van der Waals surface area (Å²) in [6.45, 7) is 1.46. The molecule has 1 aliphatic rings. The van der Waals surface area contributed by atoms with Crippen molar-refractivity contribution in [3.8, 4) is 0 Å². The standard InChI is InChI=1S/C18H19FN2OS.ClH/c19-18-15-8-10-20-12-13(15)6-7-16(18)21-17(22)9-11-23-14-4-2-1-3-5-14;/h1-7,20H,8-12H2,(H,21,22);1H. The Morgan fingerprint density at radius 1 is 1.21 bits per heavy atom. The number of hydrogen-bond donors (Lipinski definition) is 2. The Morgan fingerprint density at radius 2 is 2.00 bits per heavy atom. The Hall–Kier alpha value is -1.56. The zero-order valence-corrected chi connectivity index (χ0v) is 14.8. The summed E-state index contributed by atoms with van der Waals surface area (Å²) < 4.78 is 14.5. The number of hydrogen-bond acceptors (Lipinski definition) is 3. The van der Waals surface area contributed by atoms with Gasteiger partial charge in [0.25, 0.3) is 0 Å². The highest BCUT2D eigenvalue weighted by Crippen LogP contribution is 2.25. The van der Waals surface area contributed by atoms with Crippen molar-refractivity contribution in [2.75, 3.05) is 17.6 Å². The Bertz CT molecular complexity index is 697. The first-order valence-corrected chi connectivity index (χ1v) is 8.71. The minimum absolute atomic E-state index is 0. The van der Waals surface area contributed by atoms with E-state index in [1.165, 1.54) is 0 Å². The van der Waals surface area contributed by atoms with Crippen LogP contribution in [0, 0.1) is 5.82 Å². The van der Waals surface area contributed by atoms with Gasteiger partial charge in [0.15, 0.2) is 0 Å². The fourth-order valence-electron chi connectivity index (χ4n) is 2.62. The Kier molecular flexibility index (Phi) is 7.09. The lowest BCUT2D eigenvalue weighted by molar-refractivity contribution is -0.115. The van der Waals surface area contributed by atoms with Gasteiger partial charge in [-0.05, 0) is 42.3 Å². The molecule has 2 aromatic rings. The number of nitrogens with one attached hydrogen (secondary N) is 2. The second-order valence-electron chi connectivity index (χ2n) is 5.45. The van der Waals surface area contributed by atoms with Crippen molar-refractivity contribution >= 4 is 35.8 Å². The van der Waals surface area contributed by atoms with Crippen molar-refractivity contribution in [2.24, 2.45) is 0 Å². The van der Waals surface area contributed by atoms with Crippen LogP contribution in [0.5, 0.6) is 0 Å². The number of thioether (sulfide) groups is 1. The van der Waals surface area contributed by atoms with Crippen LogP contribution in [0.2, 0.25) is 0 Å². The average molecular weight is 367 g/mol. The van der Waals surface area contributed by atoms with Gasteiger partial charge in [0.1, 0.15) is 5.82 Å². The summed E-state index contributed by atoms with van der Waals surface area (Å²) in [5.41, 5.74) is 1.99. The summed E-state index contributed by atoms with van der Waals surface area (Å²) in [6.07, 6.45) is 1.02. The summed E-state index contributed by atoms with van der Waals surface area (Å²) in [4.78, 5) is 13.2. The third kappa shape index (κ3) is 4.72. The molecule has 2 N–H and O–H groups in total. The lowest BCUT2D eigenvalue weighted by Gasteiger charge is -2.19. The summed E-state index contributed by atoms with van der Waals surface area (Å²) in [6, 6.07) is 13.5. The lowest BCUT2D eigenvalue weighted by atomic mass is 9.99. The molecule has 0 atom stereocenters. The summed E-state index contributed by atoms with van der Waals surface area (Å²) in [7, 11) is 0.